The Morgan fingerprint density at radius 3 is 2.12 bits per heavy atom. The van der Waals surface area contributed by atoms with Crippen molar-refractivity contribution in [1.29, 1.82) is 0 Å². The molecule has 0 N–H and O–H groups in total. The van der Waals surface area contributed by atoms with Crippen molar-refractivity contribution in [3.8, 4) is 22.4 Å². The minimum Gasteiger partial charge on any atom is -0.304 e. The number of alkyl halides is 3. The summed E-state index contributed by atoms with van der Waals surface area (Å²) in [5.74, 6) is 0. The Kier molecular flexibility index (Phi) is 6.13. The Hall–Kier alpha value is -3.01. The summed E-state index contributed by atoms with van der Waals surface area (Å²) in [4.78, 5) is 4.64. The van der Waals surface area contributed by atoms with E-state index in [2.05, 4.69) is 36.2 Å². The summed E-state index contributed by atoms with van der Waals surface area (Å²) in [6.07, 6.45) is -2.52. The Balaban J connectivity index is 0.00000259. The van der Waals surface area contributed by atoms with Crippen LogP contribution < -0.4 is 0 Å². The molecule has 5 heteroatoms. The summed E-state index contributed by atoms with van der Waals surface area (Å²) in [6, 6.07) is 25.0. The summed E-state index contributed by atoms with van der Waals surface area (Å²) in [5.41, 5.74) is 5.08. The van der Waals surface area contributed by atoms with E-state index in [-0.39, 0.29) is 20.1 Å². The third kappa shape index (κ3) is 4.44. The molecule has 0 amide bonds. The summed E-state index contributed by atoms with van der Waals surface area (Å²) in [7, 11) is 0. The van der Waals surface area contributed by atoms with Gasteiger partial charge in [0.1, 0.15) is 0 Å². The summed E-state index contributed by atoms with van der Waals surface area (Å²) in [5, 5.41) is 4.23. The van der Waals surface area contributed by atoms with Crippen LogP contribution in [-0.2, 0) is 26.3 Å². The minimum atomic E-state index is -4.33. The van der Waals surface area contributed by atoms with Crippen molar-refractivity contribution in [2.24, 2.45) is 0 Å². The van der Waals surface area contributed by atoms with E-state index in [1.54, 1.807) is 0 Å². The van der Waals surface area contributed by atoms with E-state index in [0.29, 0.717) is 0 Å². The number of pyridine rings is 1. The Labute approximate surface area is 203 Å². The molecule has 0 saturated carbocycles. The fourth-order valence-corrected chi connectivity index (χ4v) is 4.26. The minimum absolute atomic E-state index is 0. The van der Waals surface area contributed by atoms with Gasteiger partial charge in [0, 0.05) is 26.3 Å². The largest absolute Gasteiger partial charge is 0.416 e. The molecule has 1 aromatic heterocycles. The van der Waals surface area contributed by atoms with Crippen molar-refractivity contribution in [2.45, 2.75) is 20.0 Å². The fraction of sp³-hybridized carbons (Fsp3) is 0.107. The van der Waals surface area contributed by atoms with E-state index in [1.165, 1.54) is 12.1 Å². The van der Waals surface area contributed by atoms with Gasteiger partial charge in [-0.05, 0) is 62.6 Å². The normalized spacial score (nSPS) is 11.5. The van der Waals surface area contributed by atoms with Crippen LogP contribution in [-0.4, -0.2) is 4.98 Å². The maximum atomic E-state index is 12.9. The molecule has 0 bridgehead atoms. The molecule has 0 aliphatic rings. The predicted octanol–water partition coefficient (Wildman–Crippen LogP) is 8.16. The van der Waals surface area contributed by atoms with Gasteiger partial charge in [-0.25, -0.2) is 0 Å². The predicted molar refractivity (Wildman–Crippen MR) is 123 cm³/mol. The first kappa shape index (κ1) is 23.2. The molecule has 33 heavy (non-hydrogen) atoms. The summed E-state index contributed by atoms with van der Waals surface area (Å²) < 4.78 is 38.6. The standard InChI is InChI=1S/C28H19F3N.Ir/c1-17-13-18(2)15-22(14-17)27-26-10-6-21-16-20(5-9-24(21)25(26)11-12-32-27)19-3-7-23(8-4-19)28(29,30)31;/h3-14,16H,1-2H3;/q-1;. The molecular formula is C28H19F3IrN-. The van der Waals surface area contributed by atoms with E-state index in [0.717, 1.165) is 67.2 Å². The van der Waals surface area contributed by atoms with Gasteiger partial charge in [0.25, 0.3) is 0 Å². The van der Waals surface area contributed by atoms with Gasteiger partial charge < -0.3 is 4.98 Å². The zero-order valence-electron chi connectivity index (χ0n) is 17.9. The monoisotopic (exact) mass is 619 g/mol. The molecule has 0 fully saturated rings. The van der Waals surface area contributed by atoms with Gasteiger partial charge in [0.15, 0.2) is 0 Å². The molecule has 0 aliphatic heterocycles. The average Bonchev–Trinajstić information content (AvgIpc) is 2.77. The molecule has 1 nitrogen and oxygen atoms in total. The van der Waals surface area contributed by atoms with Crippen LogP contribution in [0.15, 0.2) is 79.0 Å². The maximum Gasteiger partial charge on any atom is 0.416 e. The van der Waals surface area contributed by atoms with E-state index in [4.69, 9.17) is 0 Å². The van der Waals surface area contributed by atoms with Crippen LogP contribution in [0.2, 0.25) is 0 Å². The Bertz CT molecular complexity index is 1450. The van der Waals surface area contributed by atoms with E-state index >= 15 is 0 Å². The molecule has 4 aromatic carbocycles. The summed E-state index contributed by atoms with van der Waals surface area (Å²) >= 11 is 0. The van der Waals surface area contributed by atoms with E-state index in [9.17, 15) is 13.2 Å². The van der Waals surface area contributed by atoms with Crippen LogP contribution in [0.25, 0.3) is 43.9 Å². The Morgan fingerprint density at radius 2 is 1.42 bits per heavy atom. The number of aromatic nitrogens is 1. The number of hydrogen-bond donors (Lipinski definition) is 0. The average molecular weight is 619 g/mol. The third-order valence-electron chi connectivity index (χ3n) is 5.71. The molecule has 0 saturated heterocycles. The van der Waals surface area contributed by atoms with Crippen molar-refractivity contribution in [2.75, 3.05) is 0 Å². The molecule has 167 valence electrons. The third-order valence-corrected chi connectivity index (χ3v) is 5.71. The second-order valence-electron chi connectivity index (χ2n) is 8.09. The molecule has 1 heterocycles. The van der Waals surface area contributed by atoms with Gasteiger partial charge in [-0.15, -0.1) is 34.9 Å². The molecule has 5 rings (SSSR count). The number of nitrogens with zero attached hydrogens (tertiary/aromatic N) is 1. The van der Waals surface area contributed by atoms with Crippen LogP contribution in [0.5, 0.6) is 0 Å². The van der Waals surface area contributed by atoms with E-state index in [1.807, 2.05) is 43.5 Å². The van der Waals surface area contributed by atoms with Gasteiger partial charge >= 0.3 is 6.18 Å². The maximum absolute atomic E-state index is 12.9. The van der Waals surface area contributed by atoms with Gasteiger partial charge in [-0.3, -0.25) is 0 Å². The first-order valence-corrected chi connectivity index (χ1v) is 10.3. The zero-order valence-corrected chi connectivity index (χ0v) is 20.3. The van der Waals surface area contributed by atoms with Crippen LogP contribution >= 0.6 is 0 Å². The molecule has 5 aromatic rings. The van der Waals surface area contributed by atoms with Gasteiger partial charge in [-0.2, -0.15) is 13.2 Å². The van der Waals surface area contributed by atoms with E-state index < -0.39 is 11.7 Å². The van der Waals surface area contributed by atoms with Gasteiger partial charge in [0.2, 0.25) is 0 Å². The second kappa shape index (κ2) is 8.74. The van der Waals surface area contributed by atoms with Crippen LogP contribution in [0.4, 0.5) is 13.2 Å². The molecule has 0 atom stereocenters. The van der Waals surface area contributed by atoms with Gasteiger partial charge in [0.05, 0.1) is 5.56 Å². The van der Waals surface area contributed by atoms with Gasteiger partial charge in [-0.1, -0.05) is 50.2 Å². The molecule has 0 spiro atoms. The van der Waals surface area contributed by atoms with Crippen molar-refractivity contribution in [3.63, 3.8) is 0 Å². The first-order valence-electron chi connectivity index (χ1n) is 10.3. The molecule has 1 radical (unpaired) electrons. The smallest absolute Gasteiger partial charge is 0.304 e. The van der Waals surface area contributed by atoms with Crippen molar-refractivity contribution < 1.29 is 33.3 Å². The number of benzene rings is 4. The number of hydrogen-bond acceptors (Lipinski definition) is 1. The SMILES string of the molecule is Cc1[c-]c(-c2nccc3c2ccc2cc(-c4ccc(C(F)(F)F)cc4)ccc23)cc(C)c1.[Ir]. The number of fused-ring (bicyclic) bond motifs is 3. The van der Waals surface area contributed by atoms with Crippen LogP contribution in [0, 0.1) is 19.9 Å². The quantitative estimate of drug-likeness (QED) is 0.144. The summed E-state index contributed by atoms with van der Waals surface area (Å²) in [6.45, 7) is 4.09. The molecular weight excluding hydrogens is 600 g/mol. The molecule has 0 unspecified atom stereocenters. The molecule has 0 aliphatic carbocycles. The van der Waals surface area contributed by atoms with Crippen LogP contribution in [0.1, 0.15) is 16.7 Å². The first-order chi connectivity index (χ1) is 15.3. The topological polar surface area (TPSA) is 12.9 Å². The zero-order chi connectivity index (χ0) is 22.5. The van der Waals surface area contributed by atoms with Crippen molar-refractivity contribution in [3.05, 3.63) is 102 Å². The fourth-order valence-electron chi connectivity index (χ4n) is 4.26. The van der Waals surface area contributed by atoms with Crippen molar-refractivity contribution >= 4 is 21.5 Å². The Morgan fingerprint density at radius 1 is 0.727 bits per heavy atom. The number of aryl methyl sites for hydroxylation is 2. The van der Waals surface area contributed by atoms with Crippen LogP contribution in [0.3, 0.4) is 0 Å². The number of rotatable bonds is 2. The van der Waals surface area contributed by atoms with Crippen molar-refractivity contribution in [1.82, 2.24) is 4.98 Å². The number of halogens is 3. The second-order valence-corrected chi connectivity index (χ2v) is 8.09.